The summed E-state index contributed by atoms with van der Waals surface area (Å²) in [4.78, 5) is 18.5. The summed E-state index contributed by atoms with van der Waals surface area (Å²) in [5, 5.41) is 6.14. The van der Waals surface area contributed by atoms with E-state index in [2.05, 4.69) is 36.4 Å². The van der Waals surface area contributed by atoms with Crippen LogP contribution in [0, 0.1) is 6.92 Å². The van der Waals surface area contributed by atoms with Crippen LogP contribution in [0.5, 0.6) is 0 Å². The van der Waals surface area contributed by atoms with Crippen molar-refractivity contribution in [3.05, 3.63) is 52.1 Å². The molecule has 0 unspecified atom stereocenters. The number of rotatable bonds is 7. The Morgan fingerprint density at radius 3 is 2.67 bits per heavy atom. The molecule has 128 valence electrons. The fourth-order valence-corrected chi connectivity index (χ4v) is 2.42. The largest absolute Gasteiger partial charge is 0.352 e. The Morgan fingerprint density at radius 2 is 2.04 bits per heavy atom. The van der Waals surface area contributed by atoms with E-state index in [1.165, 1.54) is 0 Å². The first-order valence-electron chi connectivity index (χ1n) is 7.88. The highest BCUT2D eigenvalue weighted by Gasteiger charge is 2.06. The zero-order valence-corrected chi connectivity index (χ0v) is 15.9. The third-order valence-corrected chi connectivity index (χ3v) is 4.41. The molecule has 0 atom stereocenters. The molecule has 24 heavy (non-hydrogen) atoms. The number of pyridine rings is 1. The molecule has 1 aromatic heterocycles. The summed E-state index contributed by atoms with van der Waals surface area (Å²) in [5.41, 5.74) is 2.68. The summed E-state index contributed by atoms with van der Waals surface area (Å²) in [5.74, 6) is 0.619. The lowest BCUT2D eigenvalue weighted by molar-refractivity contribution is 0.0952. The summed E-state index contributed by atoms with van der Waals surface area (Å²) >= 11 is 3.48. The SMILES string of the molecule is Cc1cc(Nc2ccc(C(=O)NCCCN(C)C)cn2)ccc1Br. The summed E-state index contributed by atoms with van der Waals surface area (Å²) in [6.45, 7) is 3.65. The molecular formula is C18H23BrN4O. The number of aromatic nitrogens is 1. The summed E-state index contributed by atoms with van der Waals surface area (Å²) in [6.07, 6.45) is 2.52. The summed E-state index contributed by atoms with van der Waals surface area (Å²) in [6, 6.07) is 9.60. The first-order chi connectivity index (χ1) is 11.5. The molecule has 1 amide bonds. The monoisotopic (exact) mass is 390 g/mol. The molecule has 0 radical (unpaired) electrons. The van der Waals surface area contributed by atoms with Crippen LogP contribution in [0.1, 0.15) is 22.3 Å². The molecule has 1 heterocycles. The van der Waals surface area contributed by atoms with Gasteiger partial charge in [-0.05, 0) is 69.9 Å². The van der Waals surface area contributed by atoms with Crippen LogP contribution in [0.3, 0.4) is 0 Å². The second kappa shape index (κ2) is 8.80. The molecule has 0 saturated carbocycles. The van der Waals surface area contributed by atoms with Gasteiger partial charge in [0.2, 0.25) is 0 Å². The van der Waals surface area contributed by atoms with Crippen molar-refractivity contribution in [3.63, 3.8) is 0 Å². The van der Waals surface area contributed by atoms with E-state index in [9.17, 15) is 4.79 Å². The second-order valence-electron chi connectivity index (χ2n) is 5.93. The summed E-state index contributed by atoms with van der Waals surface area (Å²) in [7, 11) is 4.04. The molecule has 0 aliphatic carbocycles. The van der Waals surface area contributed by atoms with Crippen LogP contribution in [0.4, 0.5) is 11.5 Å². The lowest BCUT2D eigenvalue weighted by Crippen LogP contribution is -2.27. The average Bonchev–Trinajstić information content (AvgIpc) is 2.55. The molecule has 1 aromatic carbocycles. The van der Waals surface area contributed by atoms with E-state index < -0.39 is 0 Å². The predicted molar refractivity (Wildman–Crippen MR) is 102 cm³/mol. The van der Waals surface area contributed by atoms with Gasteiger partial charge in [0.15, 0.2) is 0 Å². The number of hydrogen-bond acceptors (Lipinski definition) is 4. The standard InChI is InChI=1S/C18H23BrN4O/c1-13-11-15(6-7-16(13)19)22-17-8-5-14(12-21-17)18(24)20-9-4-10-23(2)3/h5-8,11-12H,4,9-10H2,1-3H3,(H,20,24)(H,21,22). The van der Waals surface area contributed by atoms with Crippen molar-refractivity contribution in [1.29, 1.82) is 0 Å². The van der Waals surface area contributed by atoms with Crippen LogP contribution in [0.25, 0.3) is 0 Å². The van der Waals surface area contributed by atoms with E-state index >= 15 is 0 Å². The molecule has 5 nitrogen and oxygen atoms in total. The Balaban J connectivity index is 1.90. The minimum absolute atomic E-state index is 0.0905. The van der Waals surface area contributed by atoms with Gasteiger partial charge in [0.25, 0.3) is 5.91 Å². The Bertz CT molecular complexity index is 686. The Hall–Kier alpha value is -1.92. The van der Waals surface area contributed by atoms with E-state index in [0.29, 0.717) is 17.9 Å². The van der Waals surface area contributed by atoms with Gasteiger partial charge in [0.05, 0.1) is 5.56 Å². The van der Waals surface area contributed by atoms with Gasteiger partial charge < -0.3 is 15.5 Å². The zero-order chi connectivity index (χ0) is 17.5. The molecule has 2 N–H and O–H groups in total. The van der Waals surface area contributed by atoms with Gasteiger partial charge in [0.1, 0.15) is 5.82 Å². The van der Waals surface area contributed by atoms with Gasteiger partial charge in [-0.15, -0.1) is 0 Å². The topological polar surface area (TPSA) is 57.3 Å². The van der Waals surface area contributed by atoms with E-state index in [-0.39, 0.29) is 5.91 Å². The number of anilines is 2. The van der Waals surface area contributed by atoms with Gasteiger partial charge in [0, 0.05) is 22.9 Å². The highest BCUT2D eigenvalue weighted by atomic mass is 79.9. The van der Waals surface area contributed by atoms with Crippen LogP contribution in [0.2, 0.25) is 0 Å². The molecular weight excluding hydrogens is 368 g/mol. The van der Waals surface area contributed by atoms with Crippen LogP contribution in [-0.2, 0) is 0 Å². The number of carbonyl (C=O) groups excluding carboxylic acids is 1. The highest BCUT2D eigenvalue weighted by molar-refractivity contribution is 9.10. The Morgan fingerprint density at radius 1 is 1.25 bits per heavy atom. The molecule has 0 bridgehead atoms. The highest BCUT2D eigenvalue weighted by Crippen LogP contribution is 2.22. The van der Waals surface area contributed by atoms with Gasteiger partial charge in [-0.3, -0.25) is 4.79 Å². The molecule has 0 fully saturated rings. The number of aryl methyl sites for hydroxylation is 1. The first kappa shape index (κ1) is 18.4. The Labute approximate surface area is 151 Å². The molecule has 0 spiro atoms. The predicted octanol–water partition coefficient (Wildman–Crippen LogP) is 3.58. The van der Waals surface area contributed by atoms with Crippen molar-refractivity contribution in [2.45, 2.75) is 13.3 Å². The molecule has 6 heteroatoms. The smallest absolute Gasteiger partial charge is 0.252 e. The van der Waals surface area contributed by atoms with Crippen LogP contribution in [-0.4, -0.2) is 43.0 Å². The average molecular weight is 391 g/mol. The van der Waals surface area contributed by atoms with Gasteiger partial charge in [-0.25, -0.2) is 4.98 Å². The first-order valence-corrected chi connectivity index (χ1v) is 8.67. The molecule has 2 aromatic rings. The van der Waals surface area contributed by atoms with E-state index in [1.807, 2.05) is 45.3 Å². The van der Waals surface area contributed by atoms with Crippen molar-refractivity contribution in [2.24, 2.45) is 0 Å². The summed E-state index contributed by atoms with van der Waals surface area (Å²) < 4.78 is 1.07. The van der Waals surface area contributed by atoms with Crippen molar-refractivity contribution in [2.75, 3.05) is 32.5 Å². The van der Waals surface area contributed by atoms with Crippen molar-refractivity contribution in [1.82, 2.24) is 15.2 Å². The van der Waals surface area contributed by atoms with E-state index in [4.69, 9.17) is 0 Å². The number of benzene rings is 1. The number of halogens is 1. The molecule has 0 aliphatic heterocycles. The number of carbonyl (C=O) groups is 1. The van der Waals surface area contributed by atoms with Crippen LogP contribution < -0.4 is 10.6 Å². The van der Waals surface area contributed by atoms with Crippen LogP contribution in [0.15, 0.2) is 41.0 Å². The normalized spacial score (nSPS) is 10.7. The lowest BCUT2D eigenvalue weighted by Gasteiger charge is -2.10. The minimum Gasteiger partial charge on any atom is -0.352 e. The maximum absolute atomic E-state index is 12.1. The minimum atomic E-state index is -0.0905. The Kier molecular flexibility index (Phi) is 6.75. The van der Waals surface area contributed by atoms with Gasteiger partial charge >= 0.3 is 0 Å². The fourth-order valence-electron chi connectivity index (χ4n) is 2.17. The zero-order valence-electron chi connectivity index (χ0n) is 14.3. The number of nitrogens with one attached hydrogen (secondary N) is 2. The maximum atomic E-state index is 12.1. The third kappa shape index (κ3) is 5.62. The van der Waals surface area contributed by atoms with Crippen molar-refractivity contribution < 1.29 is 4.79 Å². The van der Waals surface area contributed by atoms with Crippen LogP contribution >= 0.6 is 15.9 Å². The lowest BCUT2D eigenvalue weighted by atomic mass is 10.2. The van der Waals surface area contributed by atoms with Gasteiger partial charge in [-0.2, -0.15) is 0 Å². The van der Waals surface area contributed by atoms with E-state index in [1.54, 1.807) is 12.3 Å². The van der Waals surface area contributed by atoms with Crippen molar-refractivity contribution >= 4 is 33.3 Å². The maximum Gasteiger partial charge on any atom is 0.252 e. The second-order valence-corrected chi connectivity index (χ2v) is 6.79. The quantitative estimate of drug-likeness (QED) is 0.709. The van der Waals surface area contributed by atoms with Crippen molar-refractivity contribution in [3.8, 4) is 0 Å². The number of nitrogens with zero attached hydrogens (tertiary/aromatic N) is 2. The van der Waals surface area contributed by atoms with E-state index in [0.717, 1.165) is 28.7 Å². The fraction of sp³-hybridized carbons (Fsp3) is 0.333. The third-order valence-electron chi connectivity index (χ3n) is 3.52. The number of amides is 1. The number of hydrogen-bond donors (Lipinski definition) is 2. The molecule has 2 rings (SSSR count). The molecule has 0 saturated heterocycles. The molecule has 0 aliphatic rings. The van der Waals surface area contributed by atoms with Gasteiger partial charge in [-0.1, -0.05) is 15.9 Å².